The fourth-order valence-electron chi connectivity index (χ4n) is 2.44. The van der Waals surface area contributed by atoms with Gasteiger partial charge in [-0.15, -0.1) is 11.3 Å². The molecule has 0 amide bonds. The van der Waals surface area contributed by atoms with E-state index in [1.54, 1.807) is 11.3 Å². The lowest BCUT2D eigenvalue weighted by Gasteiger charge is -2.21. The third-order valence-corrected chi connectivity index (χ3v) is 4.91. The van der Waals surface area contributed by atoms with E-state index in [4.69, 9.17) is 4.98 Å². The molecule has 1 aliphatic rings. The fraction of sp³-hybridized carbons (Fsp3) is 0.471. The maximum atomic E-state index is 4.78. The lowest BCUT2D eigenvalue weighted by atomic mass is 10.2. The van der Waals surface area contributed by atoms with Crippen molar-refractivity contribution in [3.05, 3.63) is 52.0 Å². The van der Waals surface area contributed by atoms with Crippen LogP contribution in [0, 0.1) is 0 Å². The van der Waals surface area contributed by atoms with Crippen LogP contribution in [0.3, 0.4) is 0 Å². The van der Waals surface area contributed by atoms with Crippen LogP contribution >= 0.6 is 11.3 Å². The Morgan fingerprint density at radius 2 is 1.95 bits per heavy atom. The van der Waals surface area contributed by atoms with Gasteiger partial charge in [-0.05, 0) is 18.4 Å². The van der Waals surface area contributed by atoms with Crippen LogP contribution in [-0.2, 0) is 13.1 Å². The summed E-state index contributed by atoms with van der Waals surface area (Å²) in [4.78, 5) is 7.36. The predicted octanol–water partition coefficient (Wildman–Crippen LogP) is 4.43. The molecule has 2 aromatic rings. The van der Waals surface area contributed by atoms with Gasteiger partial charge in [0.2, 0.25) is 0 Å². The van der Waals surface area contributed by atoms with Crippen molar-refractivity contribution in [1.29, 1.82) is 0 Å². The lowest BCUT2D eigenvalue weighted by molar-refractivity contribution is 0.243. The molecule has 0 atom stereocenters. The predicted molar refractivity (Wildman–Crippen MR) is 84.9 cm³/mol. The molecule has 0 bridgehead atoms. The highest BCUT2D eigenvalue weighted by Crippen LogP contribution is 2.30. The molecule has 1 fully saturated rings. The summed E-state index contributed by atoms with van der Waals surface area (Å²) in [6, 6.07) is 11.5. The molecule has 1 aromatic carbocycles. The van der Waals surface area contributed by atoms with Crippen molar-refractivity contribution in [2.45, 2.75) is 51.7 Å². The maximum absolute atomic E-state index is 4.78. The van der Waals surface area contributed by atoms with Crippen LogP contribution in [0.1, 0.15) is 48.9 Å². The molecule has 0 aliphatic heterocycles. The molecule has 2 nitrogen and oxygen atoms in total. The summed E-state index contributed by atoms with van der Waals surface area (Å²) in [6.07, 6.45) is 2.68. The minimum Gasteiger partial charge on any atom is -0.290 e. The van der Waals surface area contributed by atoms with E-state index in [-0.39, 0.29) is 0 Å². The third-order valence-electron chi connectivity index (χ3n) is 3.72. The highest BCUT2D eigenvalue weighted by Gasteiger charge is 2.29. The molecular formula is C17H22N2S. The molecule has 1 saturated carbocycles. The monoisotopic (exact) mass is 286 g/mol. The number of rotatable bonds is 6. The van der Waals surface area contributed by atoms with Gasteiger partial charge in [-0.25, -0.2) is 4.98 Å². The molecule has 0 spiro atoms. The van der Waals surface area contributed by atoms with Crippen molar-refractivity contribution in [3.8, 4) is 0 Å². The molecule has 0 saturated heterocycles. The summed E-state index contributed by atoms with van der Waals surface area (Å²) in [5.74, 6) is 0.539. The molecule has 1 heterocycles. The van der Waals surface area contributed by atoms with Crippen molar-refractivity contribution in [1.82, 2.24) is 9.88 Å². The molecule has 0 unspecified atom stereocenters. The summed E-state index contributed by atoms with van der Waals surface area (Å²) < 4.78 is 0. The molecule has 3 heteroatoms. The first-order chi connectivity index (χ1) is 9.72. The number of hydrogen-bond acceptors (Lipinski definition) is 3. The van der Waals surface area contributed by atoms with Crippen LogP contribution < -0.4 is 0 Å². The maximum Gasteiger partial charge on any atom is 0.0954 e. The van der Waals surface area contributed by atoms with Crippen molar-refractivity contribution in [2.75, 3.05) is 0 Å². The average molecular weight is 286 g/mol. The van der Waals surface area contributed by atoms with Crippen LogP contribution in [0.25, 0.3) is 0 Å². The highest BCUT2D eigenvalue weighted by molar-refractivity contribution is 7.09. The average Bonchev–Trinajstić information content (AvgIpc) is 3.19. The molecule has 20 heavy (non-hydrogen) atoms. The molecule has 106 valence electrons. The highest BCUT2D eigenvalue weighted by atomic mass is 32.1. The summed E-state index contributed by atoms with van der Waals surface area (Å²) >= 11 is 1.80. The summed E-state index contributed by atoms with van der Waals surface area (Å²) in [5.41, 5.74) is 2.64. The van der Waals surface area contributed by atoms with Crippen molar-refractivity contribution >= 4 is 11.3 Å². The number of thiazole rings is 1. The van der Waals surface area contributed by atoms with Crippen molar-refractivity contribution < 1.29 is 0 Å². The van der Waals surface area contributed by atoms with Crippen LogP contribution in [0.4, 0.5) is 0 Å². The van der Waals surface area contributed by atoms with Gasteiger partial charge in [-0.3, -0.25) is 4.90 Å². The van der Waals surface area contributed by atoms with Gasteiger partial charge in [0.15, 0.2) is 0 Å². The van der Waals surface area contributed by atoms with E-state index in [1.807, 2.05) is 0 Å². The number of hydrogen-bond donors (Lipinski definition) is 0. The van der Waals surface area contributed by atoms with Gasteiger partial charge in [0, 0.05) is 30.4 Å². The van der Waals surface area contributed by atoms with Crippen LogP contribution in [-0.4, -0.2) is 15.9 Å². The molecular weight excluding hydrogens is 264 g/mol. The fourth-order valence-corrected chi connectivity index (χ4v) is 3.27. The Bertz CT molecular complexity index is 543. The van der Waals surface area contributed by atoms with Gasteiger partial charge < -0.3 is 0 Å². The third kappa shape index (κ3) is 3.47. The Labute approximate surface area is 125 Å². The van der Waals surface area contributed by atoms with E-state index in [0.717, 1.165) is 19.1 Å². The zero-order valence-corrected chi connectivity index (χ0v) is 13.1. The normalized spacial score (nSPS) is 15.2. The van der Waals surface area contributed by atoms with E-state index in [1.165, 1.54) is 29.1 Å². The standard InChI is InChI=1S/C17H22N2S/c1-13(2)17-18-15(12-20-17)11-19(16-8-9-16)10-14-6-4-3-5-7-14/h3-7,12-13,16H,8-11H2,1-2H3. The van der Waals surface area contributed by atoms with Crippen LogP contribution in [0.5, 0.6) is 0 Å². The SMILES string of the molecule is CC(C)c1nc(CN(Cc2ccccc2)C2CC2)cs1. The van der Waals surface area contributed by atoms with E-state index in [0.29, 0.717) is 5.92 Å². The first-order valence-corrected chi connectivity index (χ1v) is 8.32. The smallest absolute Gasteiger partial charge is 0.0954 e. The summed E-state index contributed by atoms with van der Waals surface area (Å²) in [5, 5.41) is 3.49. The largest absolute Gasteiger partial charge is 0.290 e. The topological polar surface area (TPSA) is 16.1 Å². The second-order valence-corrected chi connectivity index (χ2v) is 6.84. The number of benzene rings is 1. The second kappa shape index (κ2) is 6.06. The van der Waals surface area contributed by atoms with Crippen LogP contribution in [0.15, 0.2) is 35.7 Å². The Kier molecular flexibility index (Phi) is 4.18. The van der Waals surface area contributed by atoms with Gasteiger partial charge in [0.1, 0.15) is 0 Å². The quantitative estimate of drug-likeness (QED) is 0.781. The first kappa shape index (κ1) is 13.8. The molecule has 1 aromatic heterocycles. The minimum atomic E-state index is 0.539. The van der Waals surface area contributed by atoms with E-state index >= 15 is 0 Å². The summed E-state index contributed by atoms with van der Waals surface area (Å²) in [6.45, 7) is 6.46. The Morgan fingerprint density at radius 1 is 1.20 bits per heavy atom. The number of aromatic nitrogens is 1. The Morgan fingerprint density at radius 3 is 2.55 bits per heavy atom. The van der Waals surface area contributed by atoms with Gasteiger partial charge in [-0.2, -0.15) is 0 Å². The zero-order chi connectivity index (χ0) is 13.9. The van der Waals surface area contributed by atoms with Gasteiger partial charge in [0.25, 0.3) is 0 Å². The lowest BCUT2D eigenvalue weighted by Crippen LogP contribution is -2.25. The second-order valence-electron chi connectivity index (χ2n) is 5.95. The van der Waals surface area contributed by atoms with Gasteiger partial charge in [0.05, 0.1) is 10.7 Å². The van der Waals surface area contributed by atoms with E-state index in [2.05, 4.69) is 54.5 Å². The summed E-state index contributed by atoms with van der Waals surface area (Å²) in [7, 11) is 0. The minimum absolute atomic E-state index is 0.539. The number of nitrogens with zero attached hydrogens (tertiary/aromatic N) is 2. The molecule has 0 radical (unpaired) electrons. The zero-order valence-electron chi connectivity index (χ0n) is 12.2. The van der Waals surface area contributed by atoms with E-state index < -0.39 is 0 Å². The molecule has 3 rings (SSSR count). The Hall–Kier alpha value is -1.19. The van der Waals surface area contributed by atoms with Gasteiger partial charge >= 0.3 is 0 Å². The van der Waals surface area contributed by atoms with Gasteiger partial charge in [-0.1, -0.05) is 44.2 Å². The van der Waals surface area contributed by atoms with Crippen molar-refractivity contribution in [2.24, 2.45) is 0 Å². The molecule has 0 N–H and O–H groups in total. The Balaban J connectivity index is 1.68. The van der Waals surface area contributed by atoms with Crippen LogP contribution in [0.2, 0.25) is 0 Å². The first-order valence-electron chi connectivity index (χ1n) is 7.44. The van der Waals surface area contributed by atoms with E-state index in [9.17, 15) is 0 Å². The van der Waals surface area contributed by atoms with Crippen molar-refractivity contribution in [3.63, 3.8) is 0 Å². The molecule has 1 aliphatic carbocycles.